The van der Waals surface area contributed by atoms with E-state index in [1.807, 2.05) is 6.07 Å². The van der Waals surface area contributed by atoms with E-state index in [0.29, 0.717) is 11.5 Å². The van der Waals surface area contributed by atoms with Crippen molar-refractivity contribution in [1.29, 1.82) is 0 Å². The molecular formula is C16H22N2O4. The number of carbonyl (C=O) groups excluding carboxylic acids is 1. The van der Waals surface area contributed by atoms with Crippen molar-refractivity contribution in [1.82, 2.24) is 4.90 Å². The van der Waals surface area contributed by atoms with Gasteiger partial charge in [-0.05, 0) is 43.7 Å². The molecule has 0 unspecified atom stereocenters. The average molecular weight is 306 g/mol. The number of piperidine rings is 1. The number of amides is 1. The number of hydrogen-bond donors (Lipinski definition) is 0. The van der Waals surface area contributed by atoms with Crippen LogP contribution >= 0.6 is 0 Å². The van der Waals surface area contributed by atoms with E-state index in [9.17, 15) is 14.9 Å². The van der Waals surface area contributed by atoms with Crippen LogP contribution in [0.3, 0.4) is 0 Å². The second kappa shape index (κ2) is 6.77. The van der Waals surface area contributed by atoms with E-state index in [1.165, 1.54) is 6.07 Å². The molecule has 1 atom stereocenters. The largest absolute Gasteiger partial charge is 0.477 e. The third kappa shape index (κ3) is 3.75. The van der Waals surface area contributed by atoms with Crippen molar-refractivity contribution in [2.75, 3.05) is 19.7 Å². The number of nitrogens with zero attached hydrogens (tertiary/aromatic N) is 2. The number of hydrogen-bond acceptors (Lipinski definition) is 4. The second-order valence-corrected chi connectivity index (χ2v) is 6.06. The Kier molecular flexibility index (Phi) is 5.00. The predicted octanol–water partition coefficient (Wildman–Crippen LogP) is 2.85. The smallest absolute Gasteiger partial charge is 0.311 e. The number of likely N-dealkylation sites (tertiary alicyclic amines) is 1. The highest BCUT2D eigenvalue weighted by Gasteiger charge is 2.23. The molecule has 1 fully saturated rings. The zero-order valence-corrected chi connectivity index (χ0v) is 13.3. The van der Waals surface area contributed by atoms with Crippen LogP contribution in [0.1, 0.15) is 30.9 Å². The van der Waals surface area contributed by atoms with Gasteiger partial charge in [0.25, 0.3) is 5.91 Å². The average Bonchev–Trinajstić information content (AvgIpc) is 2.45. The van der Waals surface area contributed by atoms with Gasteiger partial charge in [-0.25, -0.2) is 0 Å². The van der Waals surface area contributed by atoms with E-state index in [2.05, 4.69) is 6.92 Å². The molecular weight excluding hydrogens is 284 g/mol. The van der Waals surface area contributed by atoms with E-state index in [0.717, 1.165) is 31.5 Å². The number of nitro benzene ring substituents is 1. The lowest BCUT2D eigenvalue weighted by Gasteiger charge is -2.30. The molecule has 0 radical (unpaired) electrons. The van der Waals surface area contributed by atoms with E-state index in [-0.39, 0.29) is 24.0 Å². The molecule has 0 aliphatic carbocycles. The first kappa shape index (κ1) is 16.3. The molecule has 6 heteroatoms. The minimum Gasteiger partial charge on any atom is -0.477 e. The first-order valence-electron chi connectivity index (χ1n) is 7.54. The molecule has 1 saturated heterocycles. The van der Waals surface area contributed by atoms with Crippen molar-refractivity contribution >= 4 is 11.6 Å². The topological polar surface area (TPSA) is 72.7 Å². The molecule has 1 aliphatic rings. The van der Waals surface area contributed by atoms with Crippen LogP contribution < -0.4 is 4.74 Å². The van der Waals surface area contributed by atoms with Crippen molar-refractivity contribution in [2.24, 2.45) is 5.92 Å². The van der Waals surface area contributed by atoms with Gasteiger partial charge >= 0.3 is 5.69 Å². The zero-order valence-electron chi connectivity index (χ0n) is 13.3. The quantitative estimate of drug-likeness (QED) is 0.633. The van der Waals surface area contributed by atoms with Crippen LogP contribution in [0.15, 0.2) is 12.1 Å². The zero-order chi connectivity index (χ0) is 16.3. The summed E-state index contributed by atoms with van der Waals surface area (Å²) < 4.78 is 5.50. The van der Waals surface area contributed by atoms with Crippen LogP contribution in [0, 0.1) is 29.9 Å². The first-order chi connectivity index (χ1) is 10.4. The van der Waals surface area contributed by atoms with E-state index >= 15 is 0 Å². The van der Waals surface area contributed by atoms with Gasteiger partial charge in [0.2, 0.25) is 5.75 Å². The Labute approximate surface area is 130 Å². The number of carbonyl (C=O) groups is 1. The van der Waals surface area contributed by atoms with E-state index < -0.39 is 4.92 Å². The van der Waals surface area contributed by atoms with Gasteiger partial charge in [0.05, 0.1) is 4.92 Å². The maximum atomic E-state index is 12.2. The molecule has 1 aliphatic heterocycles. The molecule has 2 rings (SSSR count). The van der Waals surface area contributed by atoms with Crippen molar-refractivity contribution in [3.8, 4) is 5.75 Å². The van der Waals surface area contributed by atoms with Crippen LogP contribution in [-0.2, 0) is 4.79 Å². The first-order valence-corrected chi connectivity index (χ1v) is 7.54. The fraction of sp³-hybridized carbons (Fsp3) is 0.562. The summed E-state index contributed by atoms with van der Waals surface area (Å²) in [6.07, 6.45) is 2.13. The lowest BCUT2D eigenvalue weighted by molar-refractivity contribution is -0.385. The number of rotatable bonds is 4. The van der Waals surface area contributed by atoms with Crippen LogP contribution in [0.25, 0.3) is 0 Å². The van der Waals surface area contributed by atoms with Crippen LogP contribution in [0.2, 0.25) is 0 Å². The van der Waals surface area contributed by atoms with Gasteiger partial charge in [0.1, 0.15) is 0 Å². The Morgan fingerprint density at radius 1 is 1.45 bits per heavy atom. The fourth-order valence-corrected chi connectivity index (χ4v) is 2.90. The Balaban J connectivity index is 2.08. The summed E-state index contributed by atoms with van der Waals surface area (Å²) >= 11 is 0. The number of aryl methyl sites for hydroxylation is 2. The highest BCUT2D eigenvalue weighted by Crippen LogP contribution is 2.32. The lowest BCUT2D eigenvalue weighted by Crippen LogP contribution is -2.41. The highest BCUT2D eigenvalue weighted by atomic mass is 16.6. The molecule has 0 spiro atoms. The molecule has 6 nitrogen and oxygen atoms in total. The summed E-state index contributed by atoms with van der Waals surface area (Å²) in [5, 5.41) is 11.1. The Bertz CT molecular complexity index is 586. The van der Waals surface area contributed by atoms with Crippen molar-refractivity contribution in [3.05, 3.63) is 33.4 Å². The summed E-state index contributed by atoms with van der Waals surface area (Å²) in [5.74, 6) is 0.572. The summed E-state index contributed by atoms with van der Waals surface area (Å²) in [7, 11) is 0. The van der Waals surface area contributed by atoms with Gasteiger partial charge in [-0.1, -0.05) is 13.0 Å². The van der Waals surface area contributed by atoms with Crippen LogP contribution in [-0.4, -0.2) is 35.4 Å². The van der Waals surface area contributed by atoms with E-state index in [4.69, 9.17) is 4.74 Å². The van der Waals surface area contributed by atoms with Crippen molar-refractivity contribution in [2.45, 2.75) is 33.6 Å². The molecule has 22 heavy (non-hydrogen) atoms. The summed E-state index contributed by atoms with van der Waals surface area (Å²) in [6, 6.07) is 3.28. The second-order valence-electron chi connectivity index (χ2n) is 6.06. The Morgan fingerprint density at radius 2 is 2.18 bits per heavy atom. The maximum absolute atomic E-state index is 12.2. The molecule has 0 aromatic heterocycles. The molecule has 1 aromatic rings. The van der Waals surface area contributed by atoms with Gasteiger partial charge in [0, 0.05) is 19.2 Å². The molecule has 1 amide bonds. The molecule has 1 aromatic carbocycles. The third-order valence-corrected chi connectivity index (χ3v) is 3.95. The number of nitro groups is 1. The predicted molar refractivity (Wildman–Crippen MR) is 83.0 cm³/mol. The molecule has 0 N–H and O–H groups in total. The van der Waals surface area contributed by atoms with Crippen LogP contribution in [0.4, 0.5) is 5.69 Å². The minimum absolute atomic E-state index is 0.0858. The SMILES string of the molecule is Cc1cc(C)c(OCC(=O)N2CCC[C@@H](C)C2)c([N+](=O)[O-])c1. The standard InChI is InChI=1S/C16H22N2O4/c1-11-5-4-6-17(9-11)15(19)10-22-16-13(3)7-12(2)8-14(16)18(20)21/h7-8,11H,4-6,9-10H2,1-3H3/t11-/m1/s1. The van der Waals surface area contributed by atoms with Gasteiger partial charge in [-0.2, -0.15) is 0 Å². The highest BCUT2D eigenvalue weighted by molar-refractivity contribution is 5.78. The summed E-state index contributed by atoms with van der Waals surface area (Å²) in [6.45, 7) is 6.98. The van der Waals surface area contributed by atoms with Crippen LogP contribution in [0.5, 0.6) is 5.75 Å². The fourth-order valence-electron chi connectivity index (χ4n) is 2.90. The van der Waals surface area contributed by atoms with Gasteiger partial charge in [0.15, 0.2) is 6.61 Å². The molecule has 120 valence electrons. The Morgan fingerprint density at radius 3 is 2.82 bits per heavy atom. The van der Waals surface area contributed by atoms with Gasteiger partial charge in [-0.3, -0.25) is 14.9 Å². The summed E-state index contributed by atoms with van der Waals surface area (Å²) in [4.78, 5) is 24.7. The Hall–Kier alpha value is -2.11. The number of benzene rings is 1. The van der Waals surface area contributed by atoms with Gasteiger partial charge < -0.3 is 9.64 Å². The third-order valence-electron chi connectivity index (χ3n) is 3.95. The van der Waals surface area contributed by atoms with Crippen molar-refractivity contribution < 1.29 is 14.5 Å². The minimum atomic E-state index is -0.469. The van der Waals surface area contributed by atoms with E-state index in [1.54, 1.807) is 18.7 Å². The van der Waals surface area contributed by atoms with Gasteiger partial charge in [-0.15, -0.1) is 0 Å². The normalized spacial score (nSPS) is 18.1. The monoisotopic (exact) mass is 306 g/mol. The maximum Gasteiger partial charge on any atom is 0.311 e. The summed E-state index contributed by atoms with van der Waals surface area (Å²) in [5.41, 5.74) is 1.39. The lowest BCUT2D eigenvalue weighted by atomic mass is 10.0. The molecule has 0 saturated carbocycles. The molecule has 1 heterocycles. The molecule has 0 bridgehead atoms. The number of ether oxygens (including phenoxy) is 1. The van der Waals surface area contributed by atoms with Crippen molar-refractivity contribution in [3.63, 3.8) is 0 Å².